The number of carbonyl (C=O) groups excluding carboxylic acids is 2. The van der Waals surface area contributed by atoms with Crippen molar-refractivity contribution in [2.45, 2.75) is 148 Å². The highest BCUT2D eigenvalue weighted by atomic mass is 16.6. The summed E-state index contributed by atoms with van der Waals surface area (Å²) in [5.41, 5.74) is 0.215. The van der Waals surface area contributed by atoms with E-state index in [0.29, 0.717) is 36.5 Å². The number of epoxide rings is 1. The van der Waals surface area contributed by atoms with E-state index in [4.69, 9.17) is 9.47 Å². The zero-order valence-electron chi connectivity index (χ0n) is 23.2. The molecule has 2 heterocycles. The Morgan fingerprint density at radius 1 is 1.11 bits per heavy atom. The third-order valence-corrected chi connectivity index (χ3v) is 11.0. The SMILES string of the molecule is CCC(CCCC(CCCC(C)C1CCC2OC2C1)C(=O)OC1CC2CCC1(C)C2)N1CCCC1=O. The minimum absolute atomic E-state index is 0.00853. The molecular formula is C31H51NO4. The molecule has 1 amide bonds. The Morgan fingerprint density at radius 2 is 1.92 bits per heavy atom. The van der Waals surface area contributed by atoms with E-state index >= 15 is 0 Å². The van der Waals surface area contributed by atoms with E-state index in [1.165, 1.54) is 44.9 Å². The molecule has 0 aromatic rings. The fraction of sp³-hybridized carbons (Fsp3) is 0.935. The highest BCUT2D eigenvalue weighted by Gasteiger charge is 2.51. The first-order valence-electron chi connectivity index (χ1n) is 15.5. The predicted molar refractivity (Wildman–Crippen MR) is 141 cm³/mol. The standard InChI is InChI=1S/C31H51NO4/c1-4-25(32-17-7-12-29(32)33)11-6-10-23(30(34)36-28-18-22-15-16-31(28,3)20-22)9-5-8-21(2)24-13-14-26-27(19-24)35-26/h21-28H,4-20H2,1-3H3. The van der Waals surface area contributed by atoms with Crippen molar-refractivity contribution in [3.63, 3.8) is 0 Å². The quantitative estimate of drug-likeness (QED) is 0.209. The average Bonchev–Trinajstić information content (AvgIpc) is 3.20. The Labute approximate surface area is 219 Å². The fourth-order valence-electron chi connectivity index (χ4n) is 8.39. The van der Waals surface area contributed by atoms with Crippen molar-refractivity contribution < 1.29 is 19.1 Å². The maximum Gasteiger partial charge on any atom is 0.309 e. The maximum absolute atomic E-state index is 13.5. The third kappa shape index (κ3) is 5.97. The van der Waals surface area contributed by atoms with Crippen LogP contribution in [0.4, 0.5) is 0 Å². The van der Waals surface area contributed by atoms with Gasteiger partial charge in [0.2, 0.25) is 5.91 Å². The number of ether oxygens (including phenoxy) is 2. The van der Waals surface area contributed by atoms with Gasteiger partial charge in [0.1, 0.15) is 6.10 Å². The first kappa shape index (κ1) is 26.5. The molecule has 0 radical (unpaired) electrons. The largest absolute Gasteiger partial charge is 0.462 e. The Kier molecular flexibility index (Phi) is 8.34. The van der Waals surface area contributed by atoms with Crippen molar-refractivity contribution in [3.8, 4) is 0 Å². The van der Waals surface area contributed by atoms with Gasteiger partial charge in [0.05, 0.1) is 18.1 Å². The summed E-state index contributed by atoms with van der Waals surface area (Å²) in [5.74, 6) is 2.66. The molecule has 5 fully saturated rings. The van der Waals surface area contributed by atoms with Crippen molar-refractivity contribution in [2.75, 3.05) is 6.54 Å². The fourth-order valence-corrected chi connectivity index (χ4v) is 8.39. The molecule has 5 aliphatic rings. The smallest absolute Gasteiger partial charge is 0.309 e. The molecule has 3 aliphatic carbocycles. The monoisotopic (exact) mass is 501 g/mol. The van der Waals surface area contributed by atoms with Crippen LogP contribution in [-0.2, 0) is 19.1 Å². The van der Waals surface area contributed by atoms with Gasteiger partial charge in [-0.15, -0.1) is 0 Å². The van der Waals surface area contributed by atoms with Crippen LogP contribution in [0.1, 0.15) is 124 Å². The summed E-state index contributed by atoms with van der Waals surface area (Å²) in [4.78, 5) is 27.9. The van der Waals surface area contributed by atoms with E-state index in [1.54, 1.807) is 0 Å². The van der Waals surface area contributed by atoms with E-state index in [1.807, 2.05) is 0 Å². The van der Waals surface area contributed by atoms with Crippen LogP contribution in [0, 0.1) is 29.1 Å². The third-order valence-electron chi connectivity index (χ3n) is 11.0. The number of amides is 1. The molecule has 5 heteroatoms. The van der Waals surface area contributed by atoms with Crippen LogP contribution in [0.5, 0.6) is 0 Å². The molecule has 0 aromatic carbocycles. The number of esters is 1. The Hall–Kier alpha value is -1.10. The molecule has 9 atom stereocenters. The van der Waals surface area contributed by atoms with Crippen LogP contribution in [-0.4, -0.2) is 47.7 Å². The van der Waals surface area contributed by atoms with Gasteiger partial charge in [-0.2, -0.15) is 0 Å². The molecule has 2 aliphatic heterocycles. The molecule has 2 bridgehead atoms. The summed E-state index contributed by atoms with van der Waals surface area (Å²) < 4.78 is 12.0. The minimum atomic E-state index is 0.00853. The molecule has 204 valence electrons. The van der Waals surface area contributed by atoms with Crippen LogP contribution in [0.25, 0.3) is 0 Å². The van der Waals surface area contributed by atoms with Gasteiger partial charge in [-0.1, -0.05) is 40.0 Å². The zero-order valence-corrected chi connectivity index (χ0v) is 23.2. The molecule has 36 heavy (non-hydrogen) atoms. The molecule has 0 N–H and O–H groups in total. The van der Waals surface area contributed by atoms with E-state index in [9.17, 15) is 9.59 Å². The van der Waals surface area contributed by atoms with Gasteiger partial charge >= 0.3 is 5.97 Å². The lowest BCUT2D eigenvalue weighted by molar-refractivity contribution is -0.160. The number of rotatable bonds is 13. The first-order chi connectivity index (χ1) is 17.4. The van der Waals surface area contributed by atoms with Crippen LogP contribution in [0.3, 0.4) is 0 Å². The van der Waals surface area contributed by atoms with E-state index in [2.05, 4.69) is 25.7 Å². The Bertz CT molecular complexity index is 785. The summed E-state index contributed by atoms with van der Waals surface area (Å²) in [6.45, 7) is 7.86. The number of carbonyl (C=O) groups is 2. The molecule has 3 saturated carbocycles. The van der Waals surface area contributed by atoms with Crippen LogP contribution >= 0.6 is 0 Å². The summed E-state index contributed by atoms with van der Waals surface area (Å²) in [7, 11) is 0. The van der Waals surface area contributed by atoms with E-state index in [-0.39, 0.29) is 23.4 Å². The maximum atomic E-state index is 13.5. The summed E-state index contributed by atoms with van der Waals surface area (Å²) in [6, 6.07) is 0.334. The van der Waals surface area contributed by atoms with Gasteiger partial charge in [0.25, 0.3) is 0 Å². The number of nitrogens with zero attached hydrogens (tertiary/aromatic N) is 1. The van der Waals surface area contributed by atoms with Crippen LogP contribution in [0.15, 0.2) is 0 Å². The normalized spacial score (nSPS) is 37.6. The van der Waals surface area contributed by atoms with Gasteiger partial charge in [0, 0.05) is 24.4 Å². The van der Waals surface area contributed by atoms with Gasteiger partial charge < -0.3 is 14.4 Å². The van der Waals surface area contributed by atoms with Crippen molar-refractivity contribution in [1.82, 2.24) is 4.90 Å². The Balaban J connectivity index is 1.13. The molecular weight excluding hydrogens is 450 g/mol. The van der Waals surface area contributed by atoms with Crippen LogP contribution in [0.2, 0.25) is 0 Å². The van der Waals surface area contributed by atoms with E-state index in [0.717, 1.165) is 69.7 Å². The lowest BCUT2D eigenvalue weighted by Crippen LogP contribution is -2.36. The number of fused-ring (bicyclic) bond motifs is 3. The molecule has 5 rings (SSSR count). The van der Waals surface area contributed by atoms with Crippen molar-refractivity contribution in [3.05, 3.63) is 0 Å². The molecule has 0 aromatic heterocycles. The molecule has 2 saturated heterocycles. The van der Waals surface area contributed by atoms with Gasteiger partial charge in [-0.3, -0.25) is 9.59 Å². The van der Waals surface area contributed by atoms with Gasteiger partial charge in [-0.05, 0) is 94.8 Å². The average molecular weight is 502 g/mol. The predicted octanol–water partition coefficient (Wildman–Crippen LogP) is 6.67. The lowest BCUT2D eigenvalue weighted by Gasteiger charge is -2.32. The van der Waals surface area contributed by atoms with Gasteiger partial charge in [0.15, 0.2) is 0 Å². The second-order valence-electron chi connectivity index (χ2n) is 13.5. The highest BCUT2D eigenvalue weighted by molar-refractivity contribution is 5.78. The van der Waals surface area contributed by atoms with E-state index < -0.39 is 0 Å². The number of hydrogen-bond acceptors (Lipinski definition) is 4. The van der Waals surface area contributed by atoms with Gasteiger partial charge in [-0.25, -0.2) is 0 Å². The number of hydrogen-bond donors (Lipinski definition) is 0. The highest BCUT2D eigenvalue weighted by Crippen LogP contribution is 2.55. The lowest BCUT2D eigenvalue weighted by atomic mass is 9.78. The topological polar surface area (TPSA) is 59.1 Å². The van der Waals surface area contributed by atoms with Crippen LogP contribution < -0.4 is 0 Å². The second kappa shape index (κ2) is 11.3. The van der Waals surface area contributed by atoms with Crippen molar-refractivity contribution in [2.24, 2.45) is 29.1 Å². The number of likely N-dealkylation sites (tertiary alicyclic amines) is 1. The summed E-state index contributed by atoms with van der Waals surface area (Å²) in [5, 5.41) is 0. The first-order valence-corrected chi connectivity index (χ1v) is 15.5. The van der Waals surface area contributed by atoms with Crippen molar-refractivity contribution >= 4 is 11.9 Å². The van der Waals surface area contributed by atoms with Crippen molar-refractivity contribution in [1.29, 1.82) is 0 Å². The second-order valence-corrected chi connectivity index (χ2v) is 13.5. The minimum Gasteiger partial charge on any atom is -0.462 e. The summed E-state index contributed by atoms with van der Waals surface area (Å²) >= 11 is 0. The molecule has 0 spiro atoms. The summed E-state index contributed by atoms with van der Waals surface area (Å²) in [6.07, 6.45) is 18.8. The molecule has 9 unspecified atom stereocenters. The Morgan fingerprint density at radius 3 is 2.56 bits per heavy atom. The molecule has 5 nitrogen and oxygen atoms in total. The zero-order chi connectivity index (χ0) is 25.3.